The van der Waals surface area contributed by atoms with E-state index in [0.29, 0.717) is 22.9 Å². The molecule has 2 N–H and O–H groups in total. The van der Waals surface area contributed by atoms with E-state index < -0.39 is 5.97 Å². The van der Waals surface area contributed by atoms with E-state index in [1.165, 1.54) is 24.2 Å². The van der Waals surface area contributed by atoms with Crippen LogP contribution >= 0.6 is 23.5 Å². The molecule has 1 amide bonds. The average molecular weight is 324 g/mol. The van der Waals surface area contributed by atoms with Crippen molar-refractivity contribution >= 4 is 41.5 Å². The van der Waals surface area contributed by atoms with Crippen LogP contribution in [0.3, 0.4) is 0 Å². The van der Waals surface area contributed by atoms with Gasteiger partial charge in [-0.1, -0.05) is 0 Å². The lowest BCUT2D eigenvalue weighted by molar-refractivity contribution is -0.131. The lowest BCUT2D eigenvalue weighted by Crippen LogP contribution is -2.33. The van der Waals surface area contributed by atoms with E-state index >= 15 is 0 Å². The maximum absolute atomic E-state index is 12.1. The second kappa shape index (κ2) is 8.09. The summed E-state index contributed by atoms with van der Waals surface area (Å²) in [7, 11) is 0. The summed E-state index contributed by atoms with van der Waals surface area (Å²) in [5.74, 6) is 2.16. The van der Waals surface area contributed by atoms with Crippen molar-refractivity contribution < 1.29 is 14.7 Å². The molecule has 0 radical (unpaired) electrons. The normalized spacial score (nSPS) is 18.6. The zero-order chi connectivity index (χ0) is 15.1. The number of rotatable bonds is 5. The molecule has 1 aliphatic heterocycles. The Morgan fingerprint density at radius 1 is 1.43 bits per heavy atom. The maximum Gasteiger partial charge on any atom is 0.328 e. The van der Waals surface area contributed by atoms with E-state index in [1.807, 2.05) is 23.5 Å². The first kappa shape index (κ1) is 15.9. The molecule has 5 nitrogen and oxygen atoms in total. The summed E-state index contributed by atoms with van der Waals surface area (Å²) in [5.41, 5.74) is 1.03. The van der Waals surface area contributed by atoms with E-state index in [1.54, 1.807) is 6.07 Å². The smallest absolute Gasteiger partial charge is 0.328 e. The lowest BCUT2D eigenvalue weighted by atomic mass is 10.2. The van der Waals surface area contributed by atoms with E-state index in [2.05, 4.69) is 10.3 Å². The summed E-state index contributed by atoms with van der Waals surface area (Å²) in [6.45, 7) is 0.645. The molecule has 1 atom stereocenters. The molecule has 0 aliphatic carbocycles. The largest absolute Gasteiger partial charge is 0.478 e. The van der Waals surface area contributed by atoms with Crippen molar-refractivity contribution in [2.24, 2.45) is 0 Å². The van der Waals surface area contributed by atoms with Crippen LogP contribution in [0.2, 0.25) is 0 Å². The number of carboxylic acid groups (broad SMARTS) is 1. The highest BCUT2D eigenvalue weighted by Crippen LogP contribution is 2.23. The Hall–Kier alpha value is -1.47. The van der Waals surface area contributed by atoms with Crippen molar-refractivity contribution in [2.45, 2.75) is 5.25 Å². The van der Waals surface area contributed by atoms with Crippen LogP contribution in [0.4, 0.5) is 0 Å². The number of carboxylic acids is 1. The molecule has 1 saturated heterocycles. The van der Waals surface area contributed by atoms with Gasteiger partial charge in [0.2, 0.25) is 0 Å². The Morgan fingerprint density at radius 3 is 3.00 bits per heavy atom. The fourth-order valence-corrected chi connectivity index (χ4v) is 4.42. The number of aliphatic carboxylic acids is 1. The molecule has 1 aromatic rings. The third-order valence-corrected chi connectivity index (χ3v) is 5.66. The van der Waals surface area contributed by atoms with Crippen LogP contribution in [0.25, 0.3) is 6.08 Å². The van der Waals surface area contributed by atoms with Crippen LogP contribution < -0.4 is 5.32 Å². The molecule has 2 rings (SSSR count). The standard InChI is InChI=1S/C14H16N2O3S2/c17-13(18)2-1-10-5-11(7-15-6-10)14(19)16-8-12-9-20-3-4-21-12/h1-2,5-7,12H,3-4,8-9H2,(H,16,19)(H,17,18)/b2-1+. The van der Waals surface area contributed by atoms with Gasteiger partial charge in [-0.05, 0) is 17.7 Å². The monoisotopic (exact) mass is 324 g/mol. The third-order valence-electron chi connectivity index (χ3n) is 2.82. The number of aromatic nitrogens is 1. The molecule has 2 heterocycles. The predicted octanol–water partition coefficient (Wildman–Crippen LogP) is 1.76. The number of amides is 1. The number of hydrogen-bond donors (Lipinski definition) is 2. The van der Waals surface area contributed by atoms with Gasteiger partial charge in [0.05, 0.1) is 5.56 Å². The highest BCUT2D eigenvalue weighted by Gasteiger charge is 2.15. The van der Waals surface area contributed by atoms with Crippen LogP contribution in [-0.2, 0) is 4.79 Å². The molecule has 0 bridgehead atoms. The van der Waals surface area contributed by atoms with Crippen LogP contribution in [-0.4, -0.2) is 51.0 Å². The van der Waals surface area contributed by atoms with Crippen molar-refractivity contribution in [1.82, 2.24) is 10.3 Å². The van der Waals surface area contributed by atoms with Gasteiger partial charge in [-0.2, -0.15) is 23.5 Å². The van der Waals surface area contributed by atoms with E-state index in [0.717, 1.165) is 17.6 Å². The van der Waals surface area contributed by atoms with Crippen LogP contribution in [0.5, 0.6) is 0 Å². The average Bonchev–Trinajstić information content (AvgIpc) is 2.52. The maximum atomic E-state index is 12.1. The first-order valence-electron chi connectivity index (χ1n) is 6.49. The van der Waals surface area contributed by atoms with Crippen molar-refractivity contribution in [1.29, 1.82) is 0 Å². The van der Waals surface area contributed by atoms with Gasteiger partial charge < -0.3 is 10.4 Å². The summed E-state index contributed by atoms with van der Waals surface area (Å²) < 4.78 is 0. The number of hydrogen-bond acceptors (Lipinski definition) is 5. The van der Waals surface area contributed by atoms with Crippen LogP contribution in [0.15, 0.2) is 24.5 Å². The Bertz CT molecular complexity index is 543. The van der Waals surface area contributed by atoms with Gasteiger partial charge >= 0.3 is 5.97 Å². The number of nitrogens with one attached hydrogen (secondary N) is 1. The third kappa shape index (κ3) is 5.43. The van der Waals surface area contributed by atoms with Gasteiger partial charge in [0.1, 0.15) is 0 Å². The number of nitrogens with zero attached hydrogens (tertiary/aromatic N) is 1. The molecule has 21 heavy (non-hydrogen) atoms. The summed E-state index contributed by atoms with van der Waals surface area (Å²) in [6, 6.07) is 1.63. The van der Waals surface area contributed by atoms with Crippen molar-refractivity contribution in [3.63, 3.8) is 0 Å². The molecule has 7 heteroatoms. The second-order valence-corrected chi connectivity index (χ2v) is 7.01. The molecule has 1 unspecified atom stereocenters. The number of thioether (sulfide) groups is 2. The van der Waals surface area contributed by atoms with E-state index in [-0.39, 0.29) is 5.91 Å². The minimum Gasteiger partial charge on any atom is -0.478 e. The van der Waals surface area contributed by atoms with Gasteiger partial charge in [0, 0.05) is 47.5 Å². The fraction of sp³-hybridized carbons (Fsp3) is 0.357. The SMILES string of the molecule is O=C(O)/C=C/c1cncc(C(=O)NCC2CSCCS2)c1. The second-order valence-electron chi connectivity index (χ2n) is 4.46. The molecular weight excluding hydrogens is 308 g/mol. The molecule has 1 aliphatic rings. The minimum atomic E-state index is -1.03. The van der Waals surface area contributed by atoms with Gasteiger partial charge in [-0.15, -0.1) is 0 Å². The molecule has 0 aromatic carbocycles. The Labute approximate surface area is 131 Å². The molecule has 0 spiro atoms. The van der Waals surface area contributed by atoms with Gasteiger partial charge in [0.15, 0.2) is 0 Å². The summed E-state index contributed by atoms with van der Waals surface area (Å²) in [5, 5.41) is 12.0. The van der Waals surface area contributed by atoms with E-state index in [4.69, 9.17) is 5.11 Å². The first-order chi connectivity index (χ1) is 10.1. The molecule has 112 valence electrons. The number of carbonyl (C=O) groups is 2. The zero-order valence-corrected chi connectivity index (χ0v) is 13.0. The highest BCUT2D eigenvalue weighted by molar-refractivity contribution is 8.06. The quantitative estimate of drug-likeness (QED) is 0.804. The minimum absolute atomic E-state index is 0.177. The van der Waals surface area contributed by atoms with Gasteiger partial charge in [-0.3, -0.25) is 9.78 Å². The van der Waals surface area contributed by atoms with Crippen molar-refractivity contribution in [2.75, 3.05) is 23.8 Å². The lowest BCUT2D eigenvalue weighted by Gasteiger charge is -2.21. The van der Waals surface area contributed by atoms with Crippen LogP contribution in [0, 0.1) is 0 Å². The van der Waals surface area contributed by atoms with Crippen LogP contribution in [0.1, 0.15) is 15.9 Å². The first-order valence-corrected chi connectivity index (χ1v) is 8.69. The summed E-state index contributed by atoms with van der Waals surface area (Å²) in [4.78, 5) is 26.5. The Balaban J connectivity index is 1.92. The molecule has 0 saturated carbocycles. The van der Waals surface area contributed by atoms with Crippen molar-refractivity contribution in [3.8, 4) is 0 Å². The van der Waals surface area contributed by atoms with E-state index in [9.17, 15) is 9.59 Å². The summed E-state index contributed by atoms with van der Waals surface area (Å²) >= 11 is 3.80. The van der Waals surface area contributed by atoms with Gasteiger partial charge in [0.25, 0.3) is 5.91 Å². The molecule has 1 fully saturated rings. The Morgan fingerprint density at radius 2 is 2.29 bits per heavy atom. The number of carbonyl (C=O) groups excluding carboxylic acids is 1. The number of pyridine rings is 1. The predicted molar refractivity (Wildman–Crippen MR) is 86.8 cm³/mol. The topological polar surface area (TPSA) is 79.3 Å². The van der Waals surface area contributed by atoms with Crippen molar-refractivity contribution in [3.05, 3.63) is 35.7 Å². The molecule has 1 aromatic heterocycles. The zero-order valence-electron chi connectivity index (χ0n) is 11.3. The molecular formula is C14H16N2O3S2. The fourth-order valence-electron chi connectivity index (χ4n) is 1.80. The summed E-state index contributed by atoms with van der Waals surface area (Å²) in [6.07, 6.45) is 5.44. The Kier molecular flexibility index (Phi) is 6.13. The highest BCUT2D eigenvalue weighted by atomic mass is 32.2. The van der Waals surface area contributed by atoms with Gasteiger partial charge in [-0.25, -0.2) is 4.79 Å².